The van der Waals surface area contributed by atoms with E-state index in [1.807, 2.05) is 0 Å². The molecule has 1 aliphatic heterocycles. The topological polar surface area (TPSA) is 21.2 Å². The SMILES string of the molecule is [C-]#[N+]C(C)=C1OC(C(F)(F)F)(C(F)(F)F)C(C(=C(C=CC=Cc2ccc(N(C)C)cc2)C(F)(F)F)C(F)(F)F)=C1[N+]#[C-]. The first-order valence-corrected chi connectivity index (χ1v) is 11.1. The minimum atomic E-state index is -6.88. The normalized spacial score (nSPS) is 18.1. The van der Waals surface area contributed by atoms with Crippen molar-refractivity contribution in [2.24, 2.45) is 0 Å². The van der Waals surface area contributed by atoms with Gasteiger partial charge in [0, 0.05) is 25.4 Å². The lowest BCUT2D eigenvalue weighted by Crippen LogP contribution is -2.59. The lowest BCUT2D eigenvalue weighted by molar-refractivity contribution is -0.351. The van der Waals surface area contributed by atoms with Gasteiger partial charge in [-0.3, -0.25) is 0 Å². The van der Waals surface area contributed by atoms with E-state index in [0.717, 1.165) is 12.2 Å². The van der Waals surface area contributed by atoms with Crippen LogP contribution >= 0.6 is 0 Å². The van der Waals surface area contributed by atoms with Gasteiger partial charge in [-0.25, -0.2) is 9.69 Å². The second-order valence-electron chi connectivity index (χ2n) is 8.63. The summed E-state index contributed by atoms with van der Waals surface area (Å²) in [5.41, 5.74) is -18.1. The summed E-state index contributed by atoms with van der Waals surface area (Å²) in [4.78, 5) is 6.46. The van der Waals surface area contributed by atoms with Gasteiger partial charge in [-0.05, 0) is 30.7 Å². The molecule has 0 fully saturated rings. The Morgan fingerprint density at radius 1 is 0.833 bits per heavy atom. The second-order valence-corrected chi connectivity index (χ2v) is 8.63. The summed E-state index contributed by atoms with van der Waals surface area (Å²) in [6, 6.07) is 6.10. The maximum absolute atomic E-state index is 14.3. The number of nitrogens with zero attached hydrogens (tertiary/aromatic N) is 3. The van der Waals surface area contributed by atoms with Gasteiger partial charge in [-0.15, -0.1) is 0 Å². The first-order valence-electron chi connectivity index (χ1n) is 11.1. The van der Waals surface area contributed by atoms with Crippen LogP contribution in [0.3, 0.4) is 0 Å². The molecule has 0 saturated heterocycles. The molecule has 0 spiro atoms. The molecule has 0 aliphatic carbocycles. The number of halogens is 12. The molecule has 0 radical (unpaired) electrons. The highest BCUT2D eigenvalue weighted by atomic mass is 19.4. The summed E-state index contributed by atoms with van der Waals surface area (Å²) in [6.07, 6.45) is -24.7. The van der Waals surface area contributed by atoms with Crippen LogP contribution in [0.4, 0.5) is 58.4 Å². The maximum Gasteiger partial charge on any atom is 0.440 e. The molecule has 1 aliphatic rings. The molecule has 16 heteroatoms. The van der Waals surface area contributed by atoms with E-state index < -0.39 is 64.2 Å². The fourth-order valence-electron chi connectivity index (χ4n) is 3.74. The second kappa shape index (κ2) is 11.5. The summed E-state index contributed by atoms with van der Waals surface area (Å²) < 4.78 is 173. The van der Waals surface area contributed by atoms with E-state index in [1.54, 1.807) is 31.1 Å². The Labute approximate surface area is 230 Å². The molecule has 1 aromatic carbocycles. The number of benzene rings is 1. The van der Waals surface area contributed by atoms with E-state index >= 15 is 0 Å². The van der Waals surface area contributed by atoms with Crippen molar-refractivity contribution in [3.63, 3.8) is 0 Å². The number of hydrogen-bond acceptors (Lipinski definition) is 2. The molecular formula is C26H17F12N3O. The highest BCUT2D eigenvalue weighted by Gasteiger charge is 2.80. The zero-order valence-electron chi connectivity index (χ0n) is 21.4. The average Bonchev–Trinajstić information content (AvgIpc) is 3.20. The maximum atomic E-state index is 14.3. The molecule has 226 valence electrons. The van der Waals surface area contributed by atoms with Gasteiger partial charge < -0.3 is 9.64 Å². The molecule has 1 heterocycles. The number of anilines is 1. The van der Waals surface area contributed by atoms with Crippen molar-refractivity contribution >= 4 is 11.8 Å². The van der Waals surface area contributed by atoms with E-state index in [2.05, 4.69) is 14.4 Å². The zero-order chi connectivity index (χ0) is 32.5. The Bertz CT molecular complexity index is 1420. The number of ether oxygens (including phenoxy) is 1. The van der Waals surface area contributed by atoms with Crippen LogP contribution in [-0.4, -0.2) is 44.4 Å². The van der Waals surface area contributed by atoms with Gasteiger partial charge in [0.2, 0.25) is 5.70 Å². The molecular weight excluding hydrogens is 598 g/mol. The zero-order valence-corrected chi connectivity index (χ0v) is 21.4. The highest BCUT2D eigenvalue weighted by molar-refractivity contribution is 5.63. The van der Waals surface area contributed by atoms with E-state index in [9.17, 15) is 52.7 Å². The Balaban J connectivity index is 3.04. The third-order valence-corrected chi connectivity index (χ3v) is 5.65. The Hall–Kier alpha value is -4.34. The molecule has 0 N–H and O–H groups in total. The van der Waals surface area contributed by atoms with Crippen molar-refractivity contribution in [1.29, 1.82) is 0 Å². The van der Waals surface area contributed by atoms with Gasteiger partial charge in [0.15, 0.2) is 5.70 Å². The Morgan fingerprint density at radius 2 is 1.36 bits per heavy atom. The predicted molar refractivity (Wildman–Crippen MR) is 127 cm³/mol. The van der Waals surface area contributed by atoms with Gasteiger partial charge in [0.25, 0.3) is 0 Å². The monoisotopic (exact) mass is 615 g/mol. The lowest BCUT2D eigenvalue weighted by atomic mass is 9.83. The molecule has 0 unspecified atom stereocenters. The van der Waals surface area contributed by atoms with Crippen LogP contribution < -0.4 is 4.90 Å². The third-order valence-electron chi connectivity index (χ3n) is 5.65. The van der Waals surface area contributed by atoms with Gasteiger partial charge in [0.1, 0.15) is 5.76 Å². The lowest BCUT2D eigenvalue weighted by Gasteiger charge is -2.37. The van der Waals surface area contributed by atoms with Crippen molar-refractivity contribution in [1.82, 2.24) is 0 Å². The molecule has 4 nitrogen and oxygen atoms in total. The molecule has 42 heavy (non-hydrogen) atoms. The van der Waals surface area contributed by atoms with E-state index in [4.69, 9.17) is 13.1 Å². The molecule has 0 atom stereocenters. The number of hydrogen-bond donors (Lipinski definition) is 0. The van der Waals surface area contributed by atoms with Crippen LogP contribution in [0.25, 0.3) is 15.8 Å². The average molecular weight is 615 g/mol. The van der Waals surface area contributed by atoms with Gasteiger partial charge in [0.05, 0.1) is 24.3 Å². The third kappa shape index (κ3) is 6.42. The standard InChI is InChI=1S/C26H17F12N3O/c1-14(39-2)21-20(40-3)19(22(42-21,25(33,34)35)26(36,37)38)18(24(30,31)32)17(23(27,28)29)9-7-6-8-15-10-12-16(13-11-15)41(4)5/h6-13H,1,4-5H3. The predicted octanol–water partition coefficient (Wildman–Crippen LogP) is 8.96. The van der Waals surface area contributed by atoms with Crippen molar-refractivity contribution in [3.8, 4) is 0 Å². The fraction of sp³-hybridized carbons (Fsp3) is 0.308. The van der Waals surface area contributed by atoms with Crippen LogP contribution in [0.2, 0.25) is 0 Å². The molecule has 0 amide bonds. The van der Waals surface area contributed by atoms with E-state index in [-0.39, 0.29) is 6.08 Å². The van der Waals surface area contributed by atoms with Gasteiger partial charge >= 0.3 is 30.3 Å². The quantitative estimate of drug-likeness (QED) is 0.187. The van der Waals surface area contributed by atoms with E-state index in [0.29, 0.717) is 24.3 Å². The van der Waals surface area contributed by atoms with Crippen LogP contribution in [0.1, 0.15) is 12.5 Å². The number of alkyl halides is 12. The van der Waals surface area contributed by atoms with Crippen LogP contribution in [0.5, 0.6) is 0 Å². The summed E-state index contributed by atoms with van der Waals surface area (Å²) >= 11 is 0. The minimum Gasteiger partial charge on any atom is -0.489 e. The van der Waals surface area contributed by atoms with Crippen molar-refractivity contribution in [2.75, 3.05) is 19.0 Å². The van der Waals surface area contributed by atoms with Gasteiger partial charge in [-0.2, -0.15) is 52.7 Å². The van der Waals surface area contributed by atoms with Crippen LogP contribution in [0.15, 0.2) is 76.4 Å². The van der Waals surface area contributed by atoms with Crippen molar-refractivity contribution in [2.45, 2.75) is 37.2 Å². The largest absolute Gasteiger partial charge is 0.489 e. The molecule has 2 rings (SSSR count). The first kappa shape index (κ1) is 33.9. The fourth-order valence-corrected chi connectivity index (χ4v) is 3.74. The highest BCUT2D eigenvalue weighted by Crippen LogP contribution is 2.61. The summed E-state index contributed by atoms with van der Waals surface area (Å²) in [5, 5.41) is 0. The van der Waals surface area contributed by atoms with Crippen LogP contribution in [-0.2, 0) is 4.74 Å². The Morgan fingerprint density at radius 3 is 1.74 bits per heavy atom. The summed E-state index contributed by atoms with van der Waals surface area (Å²) in [6.45, 7) is 14.4. The first-order chi connectivity index (χ1) is 19.0. The Kier molecular flexibility index (Phi) is 9.28. The molecule has 0 bridgehead atoms. The number of allylic oxidation sites excluding steroid dienone is 5. The van der Waals surface area contributed by atoms with Gasteiger partial charge in [-0.1, -0.05) is 30.4 Å². The smallest absolute Gasteiger partial charge is 0.440 e. The number of rotatable bonds is 5. The van der Waals surface area contributed by atoms with Crippen LogP contribution in [0, 0.1) is 13.1 Å². The van der Waals surface area contributed by atoms with Crippen molar-refractivity contribution < 1.29 is 57.4 Å². The summed E-state index contributed by atoms with van der Waals surface area (Å²) in [5.74, 6) is -1.89. The summed E-state index contributed by atoms with van der Waals surface area (Å²) in [7, 11) is 3.41. The van der Waals surface area contributed by atoms with Crippen molar-refractivity contribution in [3.05, 3.63) is 105 Å². The molecule has 1 aromatic rings. The molecule has 0 saturated carbocycles. The van der Waals surface area contributed by atoms with E-state index in [1.165, 1.54) is 12.1 Å². The molecule has 0 aromatic heterocycles. The minimum absolute atomic E-state index is 0.326.